The van der Waals surface area contributed by atoms with Crippen LogP contribution in [-0.2, 0) is 15.9 Å². The smallest absolute Gasteiger partial charge is 0.200 e. The van der Waals surface area contributed by atoms with Gasteiger partial charge in [-0.05, 0) is 36.5 Å². The second-order valence-electron chi connectivity index (χ2n) is 6.21. The lowest BCUT2D eigenvalue weighted by molar-refractivity contribution is -0.106. The van der Waals surface area contributed by atoms with Gasteiger partial charge < -0.3 is 9.47 Å². The molecule has 1 heterocycles. The molecular formula is C21H22O2. The van der Waals surface area contributed by atoms with Gasteiger partial charge in [-0.2, -0.15) is 0 Å². The molecule has 0 bridgehead atoms. The minimum Gasteiger partial charge on any atom is -0.464 e. The van der Waals surface area contributed by atoms with Gasteiger partial charge in [-0.15, -0.1) is 0 Å². The minimum atomic E-state index is -0.157. The molecule has 2 nitrogen and oxygen atoms in total. The van der Waals surface area contributed by atoms with Gasteiger partial charge in [0.05, 0.1) is 0 Å². The molecule has 0 spiro atoms. The average Bonchev–Trinajstić information content (AvgIpc) is 2.62. The second-order valence-corrected chi connectivity index (χ2v) is 6.21. The predicted molar refractivity (Wildman–Crippen MR) is 92.0 cm³/mol. The molecule has 2 aromatic carbocycles. The Labute approximate surface area is 137 Å². The van der Waals surface area contributed by atoms with E-state index >= 15 is 0 Å². The highest BCUT2D eigenvalue weighted by molar-refractivity contribution is 5.70. The Hall–Kier alpha value is -2.06. The zero-order valence-corrected chi connectivity index (χ0v) is 13.5. The van der Waals surface area contributed by atoms with Gasteiger partial charge in [-0.25, -0.2) is 0 Å². The third kappa shape index (κ3) is 2.68. The Morgan fingerprint density at radius 1 is 1.00 bits per heavy atom. The summed E-state index contributed by atoms with van der Waals surface area (Å²) in [7, 11) is 0. The summed E-state index contributed by atoms with van der Waals surface area (Å²) in [5, 5.41) is 0. The predicted octanol–water partition coefficient (Wildman–Crippen LogP) is 4.91. The Morgan fingerprint density at radius 3 is 2.61 bits per heavy atom. The lowest BCUT2D eigenvalue weighted by Gasteiger charge is -2.37. The standard InChI is InChI=1S/C21H22O2/c1-2-22-20-14-19(15-8-4-3-5-9-15)18-13-12-16-10-6-7-11-17(16)21(18)23-20/h3-11,19-20H,2,12-14H2,1H3. The number of benzene rings is 2. The van der Waals surface area contributed by atoms with Crippen molar-refractivity contribution in [1.82, 2.24) is 0 Å². The highest BCUT2D eigenvalue weighted by atomic mass is 16.7. The normalized spacial score (nSPS) is 23.0. The SMILES string of the molecule is CCOC1CC(c2ccccc2)C2=C(O1)c1ccccc1CC2. The fourth-order valence-corrected chi connectivity index (χ4v) is 3.81. The van der Waals surface area contributed by atoms with E-state index in [1.165, 1.54) is 22.3 Å². The van der Waals surface area contributed by atoms with Gasteiger partial charge in [0.15, 0.2) is 0 Å². The Kier molecular flexibility index (Phi) is 3.92. The summed E-state index contributed by atoms with van der Waals surface area (Å²) in [5.41, 5.74) is 5.44. The van der Waals surface area contributed by atoms with E-state index in [0.29, 0.717) is 12.5 Å². The van der Waals surface area contributed by atoms with Crippen LogP contribution in [0.2, 0.25) is 0 Å². The maximum atomic E-state index is 6.27. The lowest BCUT2D eigenvalue weighted by Crippen LogP contribution is -2.28. The van der Waals surface area contributed by atoms with Crippen molar-refractivity contribution in [2.75, 3.05) is 6.61 Å². The molecule has 0 radical (unpaired) electrons. The summed E-state index contributed by atoms with van der Waals surface area (Å²) in [6, 6.07) is 19.4. The lowest BCUT2D eigenvalue weighted by atomic mass is 9.78. The zero-order chi connectivity index (χ0) is 15.6. The van der Waals surface area contributed by atoms with E-state index in [-0.39, 0.29) is 6.29 Å². The Morgan fingerprint density at radius 2 is 1.78 bits per heavy atom. The van der Waals surface area contributed by atoms with Crippen LogP contribution in [0.3, 0.4) is 0 Å². The van der Waals surface area contributed by atoms with Crippen LogP contribution in [0, 0.1) is 0 Å². The van der Waals surface area contributed by atoms with Crippen LogP contribution in [0.1, 0.15) is 42.4 Å². The zero-order valence-electron chi connectivity index (χ0n) is 13.5. The van der Waals surface area contributed by atoms with E-state index in [2.05, 4.69) is 54.6 Å². The van der Waals surface area contributed by atoms with Crippen LogP contribution >= 0.6 is 0 Å². The van der Waals surface area contributed by atoms with Gasteiger partial charge >= 0.3 is 0 Å². The van der Waals surface area contributed by atoms with Crippen LogP contribution in [0.25, 0.3) is 5.76 Å². The largest absolute Gasteiger partial charge is 0.464 e. The van der Waals surface area contributed by atoms with E-state index in [4.69, 9.17) is 9.47 Å². The monoisotopic (exact) mass is 306 g/mol. The van der Waals surface area contributed by atoms with E-state index < -0.39 is 0 Å². The average molecular weight is 306 g/mol. The molecule has 4 rings (SSSR count). The number of fused-ring (bicyclic) bond motifs is 2. The van der Waals surface area contributed by atoms with Gasteiger partial charge in [-0.1, -0.05) is 54.6 Å². The van der Waals surface area contributed by atoms with Crippen LogP contribution in [0.15, 0.2) is 60.2 Å². The molecule has 118 valence electrons. The third-order valence-electron chi connectivity index (χ3n) is 4.87. The number of ether oxygens (including phenoxy) is 2. The quantitative estimate of drug-likeness (QED) is 0.802. The number of hydrogen-bond acceptors (Lipinski definition) is 2. The molecule has 0 amide bonds. The van der Waals surface area contributed by atoms with E-state index in [9.17, 15) is 0 Å². The molecule has 1 aliphatic carbocycles. The van der Waals surface area contributed by atoms with Crippen molar-refractivity contribution in [1.29, 1.82) is 0 Å². The van der Waals surface area contributed by atoms with Crippen molar-refractivity contribution >= 4 is 5.76 Å². The highest BCUT2D eigenvalue weighted by Crippen LogP contribution is 2.46. The maximum Gasteiger partial charge on any atom is 0.200 e. The number of allylic oxidation sites excluding steroid dienone is 1. The number of aryl methyl sites for hydroxylation is 1. The summed E-state index contributed by atoms with van der Waals surface area (Å²) in [6.07, 6.45) is 2.92. The van der Waals surface area contributed by atoms with Crippen molar-refractivity contribution in [3.8, 4) is 0 Å². The molecule has 2 aromatic rings. The van der Waals surface area contributed by atoms with Crippen LogP contribution in [0.4, 0.5) is 0 Å². The molecule has 0 N–H and O–H groups in total. The minimum absolute atomic E-state index is 0.157. The number of hydrogen-bond donors (Lipinski definition) is 0. The van der Waals surface area contributed by atoms with Crippen LogP contribution < -0.4 is 0 Å². The van der Waals surface area contributed by atoms with Gasteiger partial charge in [0.25, 0.3) is 0 Å². The molecule has 0 fully saturated rings. The maximum absolute atomic E-state index is 6.27. The van der Waals surface area contributed by atoms with Gasteiger partial charge in [-0.3, -0.25) is 0 Å². The fourth-order valence-electron chi connectivity index (χ4n) is 3.81. The number of rotatable bonds is 3. The van der Waals surface area contributed by atoms with Crippen molar-refractivity contribution < 1.29 is 9.47 Å². The molecule has 0 saturated heterocycles. The molecule has 1 aliphatic heterocycles. The molecule has 2 heteroatoms. The van der Waals surface area contributed by atoms with Gasteiger partial charge in [0.2, 0.25) is 6.29 Å². The summed E-state index contributed by atoms with van der Waals surface area (Å²) >= 11 is 0. The van der Waals surface area contributed by atoms with Crippen molar-refractivity contribution in [3.05, 3.63) is 76.9 Å². The summed E-state index contributed by atoms with van der Waals surface area (Å²) < 4.78 is 12.1. The second kappa shape index (κ2) is 6.21. The van der Waals surface area contributed by atoms with E-state index in [1.807, 2.05) is 6.92 Å². The molecule has 23 heavy (non-hydrogen) atoms. The Balaban J connectivity index is 1.80. The molecule has 2 atom stereocenters. The van der Waals surface area contributed by atoms with Crippen molar-refractivity contribution in [2.24, 2.45) is 0 Å². The van der Waals surface area contributed by atoms with Crippen molar-refractivity contribution in [2.45, 2.75) is 38.4 Å². The summed E-state index contributed by atoms with van der Waals surface area (Å²) in [4.78, 5) is 0. The Bertz CT molecular complexity index is 718. The first-order valence-electron chi connectivity index (χ1n) is 8.51. The van der Waals surface area contributed by atoms with E-state index in [1.54, 1.807) is 0 Å². The molecular weight excluding hydrogens is 284 g/mol. The molecule has 2 unspecified atom stereocenters. The molecule has 2 aliphatic rings. The van der Waals surface area contributed by atoms with Crippen LogP contribution in [-0.4, -0.2) is 12.9 Å². The fraction of sp³-hybridized carbons (Fsp3) is 0.333. The molecule has 0 saturated carbocycles. The molecule has 0 aromatic heterocycles. The third-order valence-corrected chi connectivity index (χ3v) is 4.87. The summed E-state index contributed by atoms with van der Waals surface area (Å²) in [6.45, 7) is 2.70. The first kappa shape index (κ1) is 14.5. The van der Waals surface area contributed by atoms with Crippen molar-refractivity contribution in [3.63, 3.8) is 0 Å². The first-order chi connectivity index (χ1) is 11.4. The van der Waals surface area contributed by atoms with Gasteiger partial charge in [0.1, 0.15) is 5.76 Å². The van der Waals surface area contributed by atoms with Crippen LogP contribution in [0.5, 0.6) is 0 Å². The summed E-state index contributed by atoms with van der Waals surface area (Å²) in [5.74, 6) is 1.45. The first-order valence-corrected chi connectivity index (χ1v) is 8.51. The van der Waals surface area contributed by atoms with E-state index in [0.717, 1.165) is 25.0 Å². The highest BCUT2D eigenvalue weighted by Gasteiger charge is 2.35. The van der Waals surface area contributed by atoms with Gasteiger partial charge in [0, 0.05) is 24.5 Å². The topological polar surface area (TPSA) is 18.5 Å².